The van der Waals surface area contributed by atoms with Crippen molar-refractivity contribution in [1.29, 1.82) is 0 Å². The van der Waals surface area contributed by atoms with Crippen molar-refractivity contribution in [2.45, 2.75) is 38.5 Å². The molecule has 4 rings (SSSR count). The standard InChI is InChI=1S/2C9H12.2CH3.Ti/c2*1-2-5-9-7-3-6-8(9)4-1;;;/h2*1-2,4-5,8-9H,3,6-7H2;2*1H3;/q;;2*-1;+4. The largest absolute Gasteiger partial charge is 4.00 e. The Hall–Kier alpha value is -0.326. The van der Waals surface area contributed by atoms with E-state index in [1.807, 2.05) is 0 Å². The van der Waals surface area contributed by atoms with Crippen LogP contribution in [0, 0.1) is 38.5 Å². The van der Waals surface area contributed by atoms with Crippen LogP contribution in [0.2, 0.25) is 0 Å². The number of allylic oxidation sites excluding steroid dienone is 8. The first-order valence-corrected chi connectivity index (χ1v) is 7.63. The molecular formula is C20H30Ti+2. The molecule has 4 aliphatic rings. The van der Waals surface area contributed by atoms with E-state index in [9.17, 15) is 0 Å². The van der Waals surface area contributed by atoms with Crippen LogP contribution in [0.5, 0.6) is 0 Å². The molecule has 0 aromatic rings. The maximum Gasteiger partial charge on any atom is 4.00 e. The molecule has 21 heavy (non-hydrogen) atoms. The zero-order chi connectivity index (χ0) is 12.2. The van der Waals surface area contributed by atoms with Crippen molar-refractivity contribution in [3.63, 3.8) is 0 Å². The third kappa shape index (κ3) is 5.42. The fourth-order valence-electron chi connectivity index (χ4n) is 3.82. The van der Waals surface area contributed by atoms with E-state index in [4.69, 9.17) is 0 Å². The van der Waals surface area contributed by atoms with Gasteiger partial charge in [0.25, 0.3) is 0 Å². The Bertz CT molecular complexity index is 315. The molecule has 112 valence electrons. The summed E-state index contributed by atoms with van der Waals surface area (Å²) in [5.74, 6) is 3.59. The van der Waals surface area contributed by atoms with Crippen LogP contribution >= 0.6 is 0 Å². The maximum atomic E-state index is 2.36. The number of hydrogen-bond acceptors (Lipinski definition) is 0. The number of hydrogen-bond donors (Lipinski definition) is 0. The average Bonchev–Trinajstić information content (AvgIpc) is 3.08. The smallest absolute Gasteiger partial charge is 0.358 e. The summed E-state index contributed by atoms with van der Waals surface area (Å²) in [4.78, 5) is 0. The van der Waals surface area contributed by atoms with Gasteiger partial charge < -0.3 is 14.9 Å². The van der Waals surface area contributed by atoms with Crippen molar-refractivity contribution in [3.8, 4) is 0 Å². The first-order valence-electron chi connectivity index (χ1n) is 7.63. The fraction of sp³-hybridized carbons (Fsp3) is 0.500. The van der Waals surface area contributed by atoms with Gasteiger partial charge >= 0.3 is 21.7 Å². The number of rotatable bonds is 0. The Balaban J connectivity index is 0.000000333. The van der Waals surface area contributed by atoms with Crippen LogP contribution in [0.4, 0.5) is 0 Å². The fourth-order valence-corrected chi connectivity index (χ4v) is 3.82. The molecule has 0 saturated heterocycles. The van der Waals surface area contributed by atoms with E-state index >= 15 is 0 Å². The molecule has 1 heteroatoms. The predicted molar refractivity (Wildman–Crippen MR) is 91.1 cm³/mol. The molecule has 0 radical (unpaired) electrons. The van der Waals surface area contributed by atoms with Crippen LogP contribution < -0.4 is 0 Å². The molecule has 4 atom stereocenters. The Morgan fingerprint density at radius 2 is 0.714 bits per heavy atom. The van der Waals surface area contributed by atoms with Gasteiger partial charge in [0.05, 0.1) is 0 Å². The summed E-state index contributed by atoms with van der Waals surface area (Å²) in [6, 6.07) is 0. The van der Waals surface area contributed by atoms with E-state index < -0.39 is 0 Å². The van der Waals surface area contributed by atoms with Gasteiger partial charge in [-0.05, 0) is 49.4 Å². The molecule has 0 bridgehead atoms. The Kier molecular flexibility index (Phi) is 10.2. The van der Waals surface area contributed by atoms with Crippen LogP contribution in [-0.2, 0) is 21.7 Å². The molecule has 0 spiro atoms. The first kappa shape index (κ1) is 20.7. The molecule has 4 unspecified atom stereocenters. The van der Waals surface area contributed by atoms with Gasteiger partial charge in [0.15, 0.2) is 0 Å². The Labute approximate surface area is 147 Å². The second kappa shape index (κ2) is 10.4. The third-order valence-electron chi connectivity index (χ3n) is 4.91. The predicted octanol–water partition coefficient (Wildman–Crippen LogP) is 5.96. The summed E-state index contributed by atoms with van der Waals surface area (Å²) in [5.41, 5.74) is 0. The van der Waals surface area contributed by atoms with Crippen LogP contribution in [0.1, 0.15) is 38.5 Å². The van der Waals surface area contributed by atoms with Crippen molar-refractivity contribution >= 4 is 0 Å². The summed E-state index contributed by atoms with van der Waals surface area (Å²) in [7, 11) is 0. The van der Waals surface area contributed by atoms with Gasteiger partial charge in [-0.2, -0.15) is 0 Å². The van der Waals surface area contributed by atoms with Crippen LogP contribution in [0.3, 0.4) is 0 Å². The Morgan fingerprint density at radius 1 is 0.476 bits per heavy atom. The summed E-state index contributed by atoms with van der Waals surface area (Å²) < 4.78 is 0. The van der Waals surface area contributed by atoms with E-state index in [-0.39, 0.29) is 36.6 Å². The van der Waals surface area contributed by atoms with Gasteiger partial charge in [-0.15, -0.1) is 0 Å². The monoisotopic (exact) mass is 318 g/mol. The normalized spacial score (nSPS) is 33.5. The topological polar surface area (TPSA) is 0 Å². The summed E-state index contributed by atoms with van der Waals surface area (Å²) >= 11 is 0. The Morgan fingerprint density at radius 3 is 0.952 bits per heavy atom. The van der Waals surface area contributed by atoms with Crippen molar-refractivity contribution < 1.29 is 21.7 Å². The molecule has 2 saturated carbocycles. The van der Waals surface area contributed by atoms with E-state index in [2.05, 4.69) is 48.6 Å². The average molecular weight is 318 g/mol. The molecule has 0 amide bonds. The van der Waals surface area contributed by atoms with Gasteiger partial charge in [-0.1, -0.05) is 61.4 Å². The molecule has 4 aliphatic carbocycles. The second-order valence-corrected chi connectivity index (χ2v) is 6.06. The summed E-state index contributed by atoms with van der Waals surface area (Å²) in [5, 5.41) is 0. The summed E-state index contributed by atoms with van der Waals surface area (Å²) in [6.45, 7) is 0. The minimum absolute atomic E-state index is 0. The number of fused-ring (bicyclic) bond motifs is 2. The molecule has 2 fully saturated rings. The van der Waals surface area contributed by atoms with Crippen LogP contribution in [0.15, 0.2) is 48.6 Å². The van der Waals surface area contributed by atoms with Gasteiger partial charge in [0.1, 0.15) is 0 Å². The molecule has 0 aromatic carbocycles. The quantitative estimate of drug-likeness (QED) is 0.382. The van der Waals surface area contributed by atoms with Crippen LogP contribution in [-0.4, -0.2) is 0 Å². The van der Waals surface area contributed by atoms with E-state index in [1.165, 1.54) is 38.5 Å². The van der Waals surface area contributed by atoms with Crippen molar-refractivity contribution in [2.24, 2.45) is 23.7 Å². The first-order chi connectivity index (χ1) is 8.93. The van der Waals surface area contributed by atoms with Gasteiger partial charge in [0.2, 0.25) is 0 Å². The molecule has 0 heterocycles. The van der Waals surface area contributed by atoms with E-state index in [1.54, 1.807) is 0 Å². The van der Waals surface area contributed by atoms with Gasteiger partial charge in [0, 0.05) is 0 Å². The molecular weight excluding hydrogens is 288 g/mol. The molecule has 0 N–H and O–H groups in total. The zero-order valence-corrected chi connectivity index (χ0v) is 15.2. The maximum absolute atomic E-state index is 2.36. The molecule has 0 nitrogen and oxygen atoms in total. The minimum atomic E-state index is 0. The second-order valence-electron chi connectivity index (χ2n) is 6.06. The van der Waals surface area contributed by atoms with E-state index in [0.717, 1.165) is 23.7 Å². The summed E-state index contributed by atoms with van der Waals surface area (Å²) in [6.07, 6.45) is 26.7. The minimum Gasteiger partial charge on any atom is -0.358 e. The van der Waals surface area contributed by atoms with Crippen molar-refractivity contribution in [3.05, 3.63) is 63.5 Å². The zero-order valence-electron chi connectivity index (χ0n) is 13.7. The third-order valence-corrected chi connectivity index (χ3v) is 4.91. The van der Waals surface area contributed by atoms with Gasteiger partial charge in [-0.25, -0.2) is 0 Å². The van der Waals surface area contributed by atoms with E-state index in [0.29, 0.717) is 0 Å². The molecule has 0 aromatic heterocycles. The van der Waals surface area contributed by atoms with Crippen molar-refractivity contribution in [1.82, 2.24) is 0 Å². The molecule has 0 aliphatic heterocycles. The van der Waals surface area contributed by atoms with Crippen LogP contribution in [0.25, 0.3) is 0 Å². The SMILES string of the molecule is C1=CC2CCCC2C=C1.C1=CC2CCCC2C=C1.[CH3-].[CH3-].[Ti+4]. The van der Waals surface area contributed by atoms with Crippen molar-refractivity contribution in [2.75, 3.05) is 0 Å². The van der Waals surface area contributed by atoms with Gasteiger partial charge in [-0.3, -0.25) is 0 Å².